The van der Waals surface area contributed by atoms with Crippen molar-refractivity contribution in [2.45, 2.75) is 27.2 Å². The number of carboxylic acids is 1. The van der Waals surface area contributed by atoms with E-state index in [1.54, 1.807) is 18.2 Å². The quantitative estimate of drug-likeness (QED) is 0.721. The Kier molecular flexibility index (Phi) is 4.64. The highest BCUT2D eigenvalue weighted by Crippen LogP contribution is 2.33. The Morgan fingerprint density at radius 1 is 1.08 bits per heavy atom. The topological polar surface area (TPSA) is 55.1 Å². The monoisotopic (exact) mass is 352 g/mol. The maximum Gasteiger partial charge on any atom is 0.339 e. The highest BCUT2D eigenvalue weighted by molar-refractivity contribution is 5.96. The summed E-state index contributed by atoms with van der Waals surface area (Å²) >= 11 is 0. The second-order valence-corrected chi connectivity index (χ2v) is 7.44. The highest BCUT2D eigenvalue weighted by atomic mass is 19.1. The molecule has 0 radical (unpaired) electrons. The van der Waals surface area contributed by atoms with Crippen LogP contribution in [0.1, 0.15) is 36.8 Å². The van der Waals surface area contributed by atoms with Crippen molar-refractivity contribution in [1.29, 1.82) is 0 Å². The number of aromatic carboxylic acids is 1. The van der Waals surface area contributed by atoms with E-state index in [9.17, 15) is 14.3 Å². The van der Waals surface area contributed by atoms with E-state index >= 15 is 0 Å². The molecule has 0 saturated heterocycles. The molecule has 26 heavy (non-hydrogen) atoms. The maximum atomic E-state index is 14.4. The van der Waals surface area contributed by atoms with Crippen LogP contribution in [0.3, 0.4) is 0 Å². The molecule has 1 heterocycles. The molecule has 0 spiro atoms. The third kappa shape index (κ3) is 3.52. The van der Waals surface area contributed by atoms with Crippen LogP contribution in [0, 0.1) is 11.2 Å². The largest absolute Gasteiger partial charge is 0.478 e. The Labute approximate surface area is 151 Å². The Bertz CT molecular complexity index is 940. The highest BCUT2D eigenvalue weighted by Gasteiger charge is 2.28. The van der Waals surface area contributed by atoms with Crippen molar-refractivity contribution >= 4 is 5.97 Å². The average Bonchev–Trinajstić information content (AvgIpc) is 2.93. The normalized spacial score (nSPS) is 11.5. The van der Waals surface area contributed by atoms with Crippen LogP contribution in [0.4, 0.5) is 4.39 Å². The van der Waals surface area contributed by atoms with Gasteiger partial charge in [0.2, 0.25) is 0 Å². The van der Waals surface area contributed by atoms with Crippen molar-refractivity contribution in [2.24, 2.45) is 5.41 Å². The van der Waals surface area contributed by atoms with Gasteiger partial charge in [0.1, 0.15) is 17.1 Å². The Morgan fingerprint density at radius 2 is 1.69 bits per heavy atom. The third-order valence-electron chi connectivity index (χ3n) is 4.00. The minimum absolute atomic E-state index is 0.120. The number of para-hydroxylation sites is 1. The smallest absolute Gasteiger partial charge is 0.339 e. The Morgan fingerprint density at radius 3 is 2.27 bits per heavy atom. The summed E-state index contributed by atoms with van der Waals surface area (Å²) in [4.78, 5) is 12.1. The van der Waals surface area contributed by atoms with Gasteiger partial charge in [-0.05, 0) is 24.0 Å². The summed E-state index contributed by atoms with van der Waals surface area (Å²) in [5.41, 5.74) is 1.71. The van der Waals surface area contributed by atoms with E-state index in [0.29, 0.717) is 23.4 Å². The van der Waals surface area contributed by atoms with Crippen molar-refractivity contribution in [1.82, 2.24) is 9.78 Å². The van der Waals surface area contributed by atoms with Crippen LogP contribution >= 0.6 is 0 Å². The van der Waals surface area contributed by atoms with E-state index in [1.165, 1.54) is 10.7 Å². The lowest BCUT2D eigenvalue weighted by Gasteiger charge is -2.16. The lowest BCUT2D eigenvalue weighted by molar-refractivity contribution is 0.0696. The third-order valence-corrected chi connectivity index (χ3v) is 4.00. The molecule has 4 nitrogen and oxygen atoms in total. The molecule has 0 fully saturated rings. The predicted octanol–water partition coefficient (Wildman–Crippen LogP) is 4.97. The number of aromatic nitrogens is 2. The Balaban J connectivity index is 2.34. The first-order chi connectivity index (χ1) is 12.3. The Hall–Kier alpha value is -2.95. The number of benzene rings is 2. The minimum Gasteiger partial charge on any atom is -0.478 e. The van der Waals surface area contributed by atoms with Crippen LogP contribution in [-0.2, 0) is 6.42 Å². The number of carbonyl (C=O) groups is 1. The van der Waals surface area contributed by atoms with Gasteiger partial charge in [0.15, 0.2) is 0 Å². The van der Waals surface area contributed by atoms with Crippen LogP contribution < -0.4 is 0 Å². The van der Waals surface area contributed by atoms with Gasteiger partial charge in [-0.1, -0.05) is 63.2 Å². The van der Waals surface area contributed by atoms with Crippen LogP contribution in [-0.4, -0.2) is 20.9 Å². The summed E-state index contributed by atoms with van der Waals surface area (Å²) in [7, 11) is 0. The standard InChI is InChI=1S/C21H21FN2O2/c1-21(2,3)13-16-18(20(25)26)19(14-9-5-4-6-10-14)24(23-16)17-12-8-7-11-15(17)22/h4-12H,13H2,1-3H3,(H,25,26). The summed E-state index contributed by atoms with van der Waals surface area (Å²) in [5.74, 6) is -1.52. The molecule has 3 rings (SSSR count). The van der Waals surface area contributed by atoms with Gasteiger partial charge in [-0.3, -0.25) is 0 Å². The molecule has 1 N–H and O–H groups in total. The van der Waals surface area contributed by atoms with Gasteiger partial charge in [-0.15, -0.1) is 0 Å². The van der Waals surface area contributed by atoms with E-state index in [2.05, 4.69) is 5.10 Å². The molecule has 0 aliphatic carbocycles. The molecule has 0 amide bonds. The van der Waals surface area contributed by atoms with E-state index in [0.717, 1.165) is 0 Å². The van der Waals surface area contributed by atoms with Gasteiger partial charge in [0, 0.05) is 5.56 Å². The molecule has 0 unspecified atom stereocenters. The van der Waals surface area contributed by atoms with Crippen LogP contribution in [0.15, 0.2) is 54.6 Å². The molecule has 0 aliphatic rings. The SMILES string of the molecule is CC(C)(C)Cc1nn(-c2ccccc2F)c(-c2ccccc2)c1C(=O)O. The lowest BCUT2D eigenvalue weighted by Crippen LogP contribution is -2.13. The van der Waals surface area contributed by atoms with Gasteiger partial charge < -0.3 is 5.11 Å². The van der Waals surface area contributed by atoms with E-state index in [4.69, 9.17) is 0 Å². The zero-order valence-corrected chi connectivity index (χ0v) is 15.0. The molecule has 3 aromatic rings. The van der Waals surface area contributed by atoms with Crippen molar-refractivity contribution in [3.8, 4) is 16.9 Å². The summed E-state index contributed by atoms with van der Waals surface area (Å²) < 4.78 is 15.9. The number of nitrogens with zero attached hydrogens (tertiary/aromatic N) is 2. The first kappa shape index (κ1) is 17.9. The van der Waals surface area contributed by atoms with Gasteiger partial charge in [0.05, 0.1) is 11.4 Å². The fraction of sp³-hybridized carbons (Fsp3) is 0.238. The first-order valence-corrected chi connectivity index (χ1v) is 8.43. The molecule has 2 aromatic carbocycles. The van der Waals surface area contributed by atoms with Crippen LogP contribution in [0.25, 0.3) is 16.9 Å². The van der Waals surface area contributed by atoms with E-state index < -0.39 is 11.8 Å². The molecule has 134 valence electrons. The van der Waals surface area contributed by atoms with Gasteiger partial charge in [0.25, 0.3) is 0 Å². The number of rotatable bonds is 4. The number of carboxylic acid groups (broad SMARTS) is 1. The summed E-state index contributed by atoms with van der Waals surface area (Å²) in [6.45, 7) is 6.05. The van der Waals surface area contributed by atoms with Gasteiger partial charge >= 0.3 is 5.97 Å². The fourth-order valence-electron chi connectivity index (χ4n) is 2.97. The number of hydrogen-bond acceptors (Lipinski definition) is 2. The van der Waals surface area contributed by atoms with Gasteiger partial charge in [-0.2, -0.15) is 5.10 Å². The molecule has 5 heteroatoms. The zero-order valence-electron chi connectivity index (χ0n) is 15.0. The fourth-order valence-corrected chi connectivity index (χ4v) is 2.97. The average molecular weight is 352 g/mol. The molecular formula is C21H21FN2O2. The zero-order chi connectivity index (χ0) is 18.9. The number of hydrogen-bond donors (Lipinski definition) is 1. The minimum atomic E-state index is -1.06. The predicted molar refractivity (Wildman–Crippen MR) is 99.1 cm³/mol. The van der Waals surface area contributed by atoms with Crippen molar-refractivity contribution in [3.05, 3.63) is 71.7 Å². The first-order valence-electron chi connectivity index (χ1n) is 8.43. The summed E-state index contributed by atoms with van der Waals surface area (Å²) in [5, 5.41) is 14.4. The van der Waals surface area contributed by atoms with Crippen LogP contribution in [0.5, 0.6) is 0 Å². The molecule has 1 aromatic heterocycles. The summed E-state index contributed by atoms with van der Waals surface area (Å²) in [6.07, 6.45) is 0.468. The van der Waals surface area contributed by atoms with Crippen molar-refractivity contribution < 1.29 is 14.3 Å². The molecule has 0 atom stereocenters. The van der Waals surface area contributed by atoms with Crippen molar-refractivity contribution in [2.75, 3.05) is 0 Å². The second-order valence-electron chi connectivity index (χ2n) is 7.44. The molecule has 0 saturated carbocycles. The van der Waals surface area contributed by atoms with Gasteiger partial charge in [-0.25, -0.2) is 13.9 Å². The molecule has 0 aliphatic heterocycles. The van der Waals surface area contributed by atoms with E-state index in [-0.39, 0.29) is 16.7 Å². The van der Waals surface area contributed by atoms with Crippen LogP contribution in [0.2, 0.25) is 0 Å². The lowest BCUT2D eigenvalue weighted by atomic mass is 9.88. The van der Waals surface area contributed by atoms with E-state index in [1.807, 2.05) is 51.1 Å². The molecule has 0 bridgehead atoms. The van der Waals surface area contributed by atoms with Crippen molar-refractivity contribution in [3.63, 3.8) is 0 Å². The molecular weight excluding hydrogens is 331 g/mol. The number of halogens is 1. The summed E-state index contributed by atoms with van der Waals surface area (Å²) in [6, 6.07) is 15.4. The second kappa shape index (κ2) is 6.75. The maximum absolute atomic E-state index is 14.4.